The van der Waals surface area contributed by atoms with Crippen molar-refractivity contribution in [3.8, 4) is 5.75 Å². The van der Waals surface area contributed by atoms with Crippen LogP contribution in [0.5, 0.6) is 5.75 Å². The van der Waals surface area contributed by atoms with E-state index in [4.69, 9.17) is 9.47 Å². The number of nitrogens with one attached hydrogen (secondary N) is 1. The van der Waals surface area contributed by atoms with Crippen molar-refractivity contribution in [2.45, 2.75) is 38.5 Å². The highest BCUT2D eigenvalue weighted by atomic mass is 16.5. The Morgan fingerprint density at radius 1 is 1.19 bits per heavy atom. The maximum absolute atomic E-state index is 13.0. The molecule has 7 heteroatoms. The lowest BCUT2D eigenvalue weighted by molar-refractivity contribution is -0.139. The lowest BCUT2D eigenvalue weighted by Crippen LogP contribution is -2.53. The Bertz CT molecular complexity index is 616. The first-order valence-electron chi connectivity index (χ1n) is 9.20. The van der Waals surface area contributed by atoms with Crippen molar-refractivity contribution in [3.63, 3.8) is 0 Å². The molecule has 26 heavy (non-hydrogen) atoms. The maximum atomic E-state index is 13.0. The van der Waals surface area contributed by atoms with E-state index in [2.05, 4.69) is 5.32 Å². The lowest BCUT2D eigenvalue weighted by Gasteiger charge is -2.32. The van der Waals surface area contributed by atoms with Crippen LogP contribution in [0.1, 0.15) is 20.3 Å². The van der Waals surface area contributed by atoms with E-state index in [0.717, 1.165) is 5.75 Å². The van der Waals surface area contributed by atoms with Crippen LogP contribution in [0.4, 0.5) is 4.79 Å². The highest BCUT2D eigenvalue weighted by Crippen LogP contribution is 2.25. The third kappa shape index (κ3) is 4.46. The van der Waals surface area contributed by atoms with Crippen molar-refractivity contribution >= 4 is 11.9 Å². The summed E-state index contributed by atoms with van der Waals surface area (Å²) in [5.74, 6) is 0.729. The zero-order chi connectivity index (χ0) is 18.5. The molecule has 1 aromatic carbocycles. The number of amides is 3. The molecule has 3 rings (SSSR count). The fourth-order valence-electron chi connectivity index (χ4n) is 3.36. The van der Waals surface area contributed by atoms with Crippen LogP contribution in [0.2, 0.25) is 0 Å². The molecule has 0 spiro atoms. The summed E-state index contributed by atoms with van der Waals surface area (Å²) in [5, 5.41) is 2.89. The smallest absolute Gasteiger partial charge is 0.318 e. The van der Waals surface area contributed by atoms with Crippen LogP contribution in [0.3, 0.4) is 0 Å². The standard InChI is InChI=1S/C19H27N3O4/c1-14(2)20-19(24)22-13-16(26-15-6-4-3-5-7-15)12-17(22)18(23)21-8-10-25-11-9-21/h3-7,14,16-17H,8-13H2,1-2H3,(H,20,24)/t16-,17+/m0/s1. The minimum atomic E-state index is -0.499. The first-order chi connectivity index (χ1) is 12.5. The quantitative estimate of drug-likeness (QED) is 0.882. The first kappa shape index (κ1) is 18.5. The molecule has 2 atom stereocenters. The molecule has 1 aromatic rings. The number of urea groups is 1. The van der Waals surface area contributed by atoms with Gasteiger partial charge in [0.2, 0.25) is 5.91 Å². The van der Waals surface area contributed by atoms with Gasteiger partial charge in [0.1, 0.15) is 17.9 Å². The summed E-state index contributed by atoms with van der Waals surface area (Å²) in [4.78, 5) is 29.0. The highest BCUT2D eigenvalue weighted by Gasteiger charge is 2.42. The van der Waals surface area contributed by atoms with Crippen molar-refractivity contribution in [2.75, 3.05) is 32.8 Å². The number of likely N-dealkylation sites (tertiary alicyclic amines) is 1. The summed E-state index contributed by atoms with van der Waals surface area (Å²) >= 11 is 0. The molecule has 2 heterocycles. The Morgan fingerprint density at radius 3 is 2.54 bits per heavy atom. The minimum Gasteiger partial charge on any atom is -0.488 e. The van der Waals surface area contributed by atoms with E-state index < -0.39 is 6.04 Å². The molecule has 2 saturated heterocycles. The molecule has 0 radical (unpaired) electrons. The van der Waals surface area contributed by atoms with Gasteiger partial charge in [0.15, 0.2) is 0 Å². The van der Waals surface area contributed by atoms with Gasteiger partial charge in [-0.3, -0.25) is 4.79 Å². The van der Waals surface area contributed by atoms with Crippen LogP contribution in [0, 0.1) is 0 Å². The van der Waals surface area contributed by atoms with Gasteiger partial charge < -0.3 is 24.6 Å². The van der Waals surface area contributed by atoms with Gasteiger partial charge in [-0.2, -0.15) is 0 Å². The van der Waals surface area contributed by atoms with Crippen LogP contribution in [0.15, 0.2) is 30.3 Å². The molecule has 2 aliphatic rings. The Labute approximate surface area is 154 Å². The van der Waals surface area contributed by atoms with E-state index in [1.807, 2.05) is 44.2 Å². The predicted octanol–water partition coefficient (Wildman–Crippen LogP) is 1.49. The Morgan fingerprint density at radius 2 is 1.88 bits per heavy atom. The van der Waals surface area contributed by atoms with Crippen molar-refractivity contribution in [2.24, 2.45) is 0 Å². The van der Waals surface area contributed by atoms with E-state index in [9.17, 15) is 9.59 Å². The Hall–Kier alpha value is -2.28. The summed E-state index contributed by atoms with van der Waals surface area (Å²) in [7, 11) is 0. The van der Waals surface area contributed by atoms with Crippen LogP contribution < -0.4 is 10.1 Å². The number of para-hydroxylation sites is 1. The number of hydrogen-bond acceptors (Lipinski definition) is 4. The van der Waals surface area contributed by atoms with Crippen LogP contribution >= 0.6 is 0 Å². The Kier molecular flexibility index (Phi) is 5.98. The van der Waals surface area contributed by atoms with Crippen LogP contribution in [-0.4, -0.2) is 72.8 Å². The molecule has 2 aliphatic heterocycles. The second-order valence-electron chi connectivity index (χ2n) is 7.00. The molecule has 142 valence electrons. The summed E-state index contributed by atoms with van der Waals surface area (Å²) in [6, 6.07) is 8.80. The largest absolute Gasteiger partial charge is 0.488 e. The molecule has 0 unspecified atom stereocenters. The average molecular weight is 361 g/mol. The summed E-state index contributed by atoms with van der Waals surface area (Å²) in [6.07, 6.45) is 0.293. The van der Waals surface area contributed by atoms with Gasteiger partial charge in [0.25, 0.3) is 0 Å². The van der Waals surface area contributed by atoms with E-state index in [-0.39, 0.29) is 24.1 Å². The van der Waals surface area contributed by atoms with Gasteiger partial charge in [0.05, 0.1) is 19.8 Å². The third-order valence-electron chi connectivity index (χ3n) is 4.59. The molecule has 3 amide bonds. The summed E-state index contributed by atoms with van der Waals surface area (Å²) in [6.45, 7) is 6.43. The topological polar surface area (TPSA) is 71.1 Å². The number of benzene rings is 1. The SMILES string of the molecule is CC(C)NC(=O)N1C[C@@H](Oc2ccccc2)C[C@@H]1C(=O)N1CCOCC1. The second kappa shape index (κ2) is 8.40. The van der Waals surface area contributed by atoms with Gasteiger partial charge in [-0.05, 0) is 26.0 Å². The zero-order valence-electron chi connectivity index (χ0n) is 15.4. The Balaban J connectivity index is 1.72. The third-order valence-corrected chi connectivity index (χ3v) is 4.59. The van der Waals surface area contributed by atoms with Crippen molar-refractivity contribution in [1.29, 1.82) is 0 Å². The zero-order valence-corrected chi connectivity index (χ0v) is 15.4. The molecule has 2 fully saturated rings. The number of morpholine rings is 1. The number of carbonyl (C=O) groups is 2. The van der Waals surface area contributed by atoms with E-state index >= 15 is 0 Å². The molecule has 0 bridgehead atoms. The number of carbonyl (C=O) groups excluding carboxylic acids is 2. The lowest BCUT2D eigenvalue weighted by atomic mass is 10.1. The van der Waals surface area contributed by atoms with Gasteiger partial charge in [-0.15, -0.1) is 0 Å². The van der Waals surface area contributed by atoms with E-state index in [1.54, 1.807) is 9.80 Å². The van der Waals surface area contributed by atoms with Crippen LogP contribution in [-0.2, 0) is 9.53 Å². The number of rotatable bonds is 4. The monoisotopic (exact) mass is 361 g/mol. The van der Waals surface area contributed by atoms with E-state index in [0.29, 0.717) is 39.3 Å². The molecular formula is C19H27N3O4. The average Bonchev–Trinajstić information content (AvgIpc) is 3.06. The highest BCUT2D eigenvalue weighted by molar-refractivity contribution is 5.88. The summed E-state index contributed by atoms with van der Waals surface area (Å²) in [5.41, 5.74) is 0. The molecule has 1 N–H and O–H groups in total. The van der Waals surface area contributed by atoms with E-state index in [1.165, 1.54) is 0 Å². The maximum Gasteiger partial charge on any atom is 0.318 e. The van der Waals surface area contributed by atoms with Gasteiger partial charge >= 0.3 is 6.03 Å². The molecule has 0 saturated carbocycles. The molecule has 0 aromatic heterocycles. The number of hydrogen-bond donors (Lipinski definition) is 1. The second-order valence-corrected chi connectivity index (χ2v) is 7.00. The molecular weight excluding hydrogens is 334 g/mol. The van der Waals surface area contributed by atoms with Gasteiger partial charge in [-0.25, -0.2) is 4.79 Å². The van der Waals surface area contributed by atoms with Crippen molar-refractivity contribution in [3.05, 3.63) is 30.3 Å². The van der Waals surface area contributed by atoms with Crippen LogP contribution in [0.25, 0.3) is 0 Å². The number of ether oxygens (including phenoxy) is 2. The van der Waals surface area contributed by atoms with Gasteiger partial charge in [0, 0.05) is 25.6 Å². The normalized spacial score (nSPS) is 23.2. The fourth-order valence-corrected chi connectivity index (χ4v) is 3.36. The molecule has 0 aliphatic carbocycles. The van der Waals surface area contributed by atoms with Crippen molar-refractivity contribution < 1.29 is 19.1 Å². The predicted molar refractivity (Wildman–Crippen MR) is 97.0 cm³/mol. The minimum absolute atomic E-state index is 0.00994. The van der Waals surface area contributed by atoms with Gasteiger partial charge in [-0.1, -0.05) is 18.2 Å². The summed E-state index contributed by atoms with van der Waals surface area (Å²) < 4.78 is 11.3. The van der Waals surface area contributed by atoms with Crippen molar-refractivity contribution in [1.82, 2.24) is 15.1 Å². The molecule has 7 nitrogen and oxygen atoms in total. The first-order valence-corrected chi connectivity index (χ1v) is 9.20. The number of nitrogens with zero attached hydrogens (tertiary/aromatic N) is 2. The fraction of sp³-hybridized carbons (Fsp3) is 0.579.